The minimum Gasteiger partial charge on any atom is -0.331 e. The summed E-state index contributed by atoms with van der Waals surface area (Å²) in [6.45, 7) is 2.68. The Morgan fingerprint density at radius 3 is 2.89 bits per heavy atom. The van der Waals surface area contributed by atoms with Gasteiger partial charge in [0.15, 0.2) is 4.77 Å². The van der Waals surface area contributed by atoms with E-state index >= 15 is 0 Å². The second-order valence-corrected chi connectivity index (χ2v) is 6.51. The molecule has 0 aliphatic heterocycles. The lowest BCUT2D eigenvalue weighted by Gasteiger charge is -2.06. The molecule has 0 radical (unpaired) electrons. The molecule has 3 rings (SSSR count). The fourth-order valence-electron chi connectivity index (χ4n) is 2.08. The van der Waals surface area contributed by atoms with Crippen molar-refractivity contribution in [2.24, 2.45) is 0 Å². The van der Waals surface area contributed by atoms with E-state index in [1.165, 1.54) is 21.8 Å². The second kappa shape index (κ2) is 5.03. The maximum Gasteiger partial charge on any atom is 0.272 e. The summed E-state index contributed by atoms with van der Waals surface area (Å²) in [5.41, 5.74) is 2.12. The van der Waals surface area contributed by atoms with E-state index in [0.717, 1.165) is 16.6 Å². The third-order valence-electron chi connectivity index (χ3n) is 3.11. The Morgan fingerprint density at radius 1 is 1.32 bits per heavy atom. The summed E-state index contributed by atoms with van der Waals surface area (Å²) in [4.78, 5) is 16.8. The maximum absolute atomic E-state index is 12.4. The van der Waals surface area contributed by atoms with Gasteiger partial charge in [0.25, 0.3) is 5.56 Å². The van der Waals surface area contributed by atoms with Crippen LogP contribution in [0, 0.1) is 4.77 Å². The zero-order valence-electron chi connectivity index (χ0n) is 10.3. The highest BCUT2D eigenvalue weighted by Gasteiger charge is 2.09. The van der Waals surface area contributed by atoms with Gasteiger partial charge in [0, 0.05) is 4.88 Å². The molecule has 98 valence electrons. The van der Waals surface area contributed by atoms with Crippen molar-refractivity contribution in [3.8, 4) is 0 Å². The molecule has 0 aliphatic carbocycles. The number of nitrogens with zero attached hydrogens (tertiary/aromatic N) is 1. The monoisotopic (exact) mass is 308 g/mol. The molecule has 3 aromatic rings. The van der Waals surface area contributed by atoms with Gasteiger partial charge in [-0.3, -0.25) is 9.36 Å². The molecule has 0 spiro atoms. The molecular formula is C13H12N2OS3. The number of nitrogens with one attached hydrogen (secondary N) is 1. The first-order valence-electron chi connectivity index (χ1n) is 5.96. The molecule has 0 saturated heterocycles. The lowest BCUT2D eigenvalue weighted by Crippen LogP contribution is -2.21. The third kappa shape index (κ3) is 2.20. The van der Waals surface area contributed by atoms with Gasteiger partial charge in [-0.25, -0.2) is 0 Å². The molecule has 3 heterocycles. The highest BCUT2D eigenvalue weighted by Crippen LogP contribution is 2.19. The minimum absolute atomic E-state index is 0.00389. The molecule has 0 unspecified atom stereocenters. The van der Waals surface area contributed by atoms with Crippen molar-refractivity contribution in [2.75, 3.05) is 0 Å². The summed E-state index contributed by atoms with van der Waals surface area (Å²) in [7, 11) is 0. The Morgan fingerprint density at radius 2 is 2.11 bits per heavy atom. The molecule has 0 aromatic carbocycles. The predicted molar refractivity (Wildman–Crippen MR) is 84.1 cm³/mol. The van der Waals surface area contributed by atoms with Crippen LogP contribution in [-0.4, -0.2) is 9.55 Å². The van der Waals surface area contributed by atoms with E-state index in [2.05, 4.69) is 23.4 Å². The van der Waals surface area contributed by atoms with E-state index in [1.54, 1.807) is 15.9 Å². The van der Waals surface area contributed by atoms with Crippen LogP contribution in [0.5, 0.6) is 0 Å². The number of aryl methyl sites for hydroxylation is 1. The van der Waals surface area contributed by atoms with Crippen molar-refractivity contribution >= 4 is 45.1 Å². The van der Waals surface area contributed by atoms with E-state index < -0.39 is 0 Å². The van der Waals surface area contributed by atoms with Crippen molar-refractivity contribution in [3.63, 3.8) is 0 Å². The summed E-state index contributed by atoms with van der Waals surface area (Å²) in [6, 6.07) is 4.01. The van der Waals surface area contributed by atoms with Gasteiger partial charge in [-0.2, -0.15) is 0 Å². The zero-order valence-corrected chi connectivity index (χ0v) is 12.8. The molecule has 3 aromatic heterocycles. The van der Waals surface area contributed by atoms with Crippen LogP contribution in [0.1, 0.15) is 17.4 Å². The number of H-pyrrole nitrogens is 1. The Bertz CT molecular complexity index is 837. The topological polar surface area (TPSA) is 37.8 Å². The van der Waals surface area contributed by atoms with Crippen LogP contribution in [-0.2, 0) is 13.0 Å². The van der Waals surface area contributed by atoms with Crippen molar-refractivity contribution < 1.29 is 0 Å². The van der Waals surface area contributed by atoms with Gasteiger partial charge in [-0.05, 0) is 47.1 Å². The maximum atomic E-state index is 12.4. The smallest absolute Gasteiger partial charge is 0.272 e. The molecule has 0 aliphatic rings. The van der Waals surface area contributed by atoms with Gasteiger partial charge in [-0.15, -0.1) is 22.7 Å². The first-order chi connectivity index (χ1) is 9.20. The van der Waals surface area contributed by atoms with Crippen LogP contribution in [0.25, 0.3) is 10.2 Å². The number of fused-ring (bicyclic) bond motifs is 1. The number of thiophene rings is 2. The quantitative estimate of drug-likeness (QED) is 0.748. The molecule has 0 amide bonds. The van der Waals surface area contributed by atoms with Gasteiger partial charge >= 0.3 is 0 Å². The largest absolute Gasteiger partial charge is 0.331 e. The fourth-order valence-corrected chi connectivity index (χ4v) is 4.10. The van der Waals surface area contributed by atoms with Gasteiger partial charge in [-0.1, -0.05) is 6.92 Å². The Labute approximate surface area is 123 Å². The third-order valence-corrected chi connectivity index (χ3v) is 5.28. The fraction of sp³-hybridized carbons (Fsp3) is 0.231. The Balaban J connectivity index is 2.15. The highest BCUT2D eigenvalue weighted by atomic mass is 32.1. The van der Waals surface area contributed by atoms with Gasteiger partial charge < -0.3 is 4.98 Å². The molecule has 0 fully saturated rings. The number of hydrogen-bond donors (Lipinski definition) is 1. The molecule has 3 nitrogen and oxygen atoms in total. The molecule has 19 heavy (non-hydrogen) atoms. The van der Waals surface area contributed by atoms with E-state index in [-0.39, 0.29) is 5.56 Å². The Kier molecular flexibility index (Phi) is 3.38. The summed E-state index contributed by atoms with van der Waals surface area (Å²) in [6.07, 6.45) is 0.977. The average Bonchev–Trinajstić information content (AvgIpc) is 3.02. The van der Waals surface area contributed by atoms with E-state index in [0.29, 0.717) is 11.3 Å². The standard InChI is InChI=1S/C13H12N2OS3/c1-2-8-3-5-18-10(8)7-15-12(16)11-9(4-6-19-11)14-13(15)17/h3-6H,2,7H2,1H3,(H,14,17). The summed E-state index contributed by atoms with van der Waals surface area (Å²) >= 11 is 8.43. The molecule has 0 bridgehead atoms. The van der Waals surface area contributed by atoms with Crippen LogP contribution in [0.2, 0.25) is 0 Å². The number of aromatic amines is 1. The SMILES string of the molecule is CCc1ccsc1Cn1c(=S)[nH]c2ccsc2c1=O. The Hall–Kier alpha value is -1.24. The zero-order chi connectivity index (χ0) is 13.4. The highest BCUT2D eigenvalue weighted by molar-refractivity contribution is 7.71. The van der Waals surface area contributed by atoms with Crippen molar-refractivity contribution in [3.05, 3.63) is 48.5 Å². The van der Waals surface area contributed by atoms with Crippen molar-refractivity contribution in [2.45, 2.75) is 19.9 Å². The molecule has 1 N–H and O–H groups in total. The molecular weight excluding hydrogens is 296 g/mol. The van der Waals surface area contributed by atoms with Crippen LogP contribution in [0.4, 0.5) is 0 Å². The minimum atomic E-state index is 0.00389. The van der Waals surface area contributed by atoms with Gasteiger partial charge in [0.1, 0.15) is 4.70 Å². The van der Waals surface area contributed by atoms with E-state index in [1.807, 2.05) is 11.4 Å². The molecule has 0 atom stereocenters. The summed E-state index contributed by atoms with van der Waals surface area (Å²) in [5, 5.41) is 3.97. The summed E-state index contributed by atoms with van der Waals surface area (Å²) in [5.74, 6) is 0. The van der Waals surface area contributed by atoms with E-state index in [9.17, 15) is 4.79 Å². The van der Waals surface area contributed by atoms with Crippen LogP contribution in [0.15, 0.2) is 27.7 Å². The average molecular weight is 308 g/mol. The van der Waals surface area contributed by atoms with Gasteiger partial charge in [0.05, 0.1) is 12.1 Å². The van der Waals surface area contributed by atoms with Crippen molar-refractivity contribution in [1.82, 2.24) is 9.55 Å². The number of aromatic nitrogens is 2. The first kappa shape index (κ1) is 12.8. The van der Waals surface area contributed by atoms with Crippen LogP contribution >= 0.6 is 34.9 Å². The second-order valence-electron chi connectivity index (χ2n) is 4.21. The molecule has 0 saturated carbocycles. The number of rotatable bonds is 3. The normalized spacial score (nSPS) is 11.2. The van der Waals surface area contributed by atoms with E-state index in [4.69, 9.17) is 12.2 Å². The number of hydrogen-bond acceptors (Lipinski definition) is 4. The van der Waals surface area contributed by atoms with Crippen molar-refractivity contribution in [1.29, 1.82) is 0 Å². The van der Waals surface area contributed by atoms with Crippen LogP contribution < -0.4 is 5.56 Å². The lowest BCUT2D eigenvalue weighted by molar-refractivity contribution is 0.739. The lowest BCUT2D eigenvalue weighted by atomic mass is 10.2. The predicted octanol–water partition coefficient (Wildman–Crippen LogP) is 3.79. The summed E-state index contributed by atoms with van der Waals surface area (Å²) < 4.78 is 2.88. The van der Waals surface area contributed by atoms with Crippen LogP contribution in [0.3, 0.4) is 0 Å². The van der Waals surface area contributed by atoms with Gasteiger partial charge in [0.2, 0.25) is 0 Å². The first-order valence-corrected chi connectivity index (χ1v) is 8.13. The molecule has 6 heteroatoms.